The second kappa shape index (κ2) is 3.47. The second-order valence-electron chi connectivity index (χ2n) is 3.88. The summed E-state index contributed by atoms with van der Waals surface area (Å²) in [5.74, 6) is 0. The van der Waals surface area contributed by atoms with Gasteiger partial charge in [0.15, 0.2) is 0 Å². The van der Waals surface area contributed by atoms with Crippen molar-refractivity contribution in [3.8, 4) is 0 Å². The summed E-state index contributed by atoms with van der Waals surface area (Å²) in [7, 11) is 0. The number of nitrogens with zero attached hydrogens (tertiary/aromatic N) is 1. The van der Waals surface area contributed by atoms with Crippen LogP contribution in [0.4, 0.5) is 5.69 Å². The van der Waals surface area contributed by atoms with E-state index in [1.54, 1.807) is 12.1 Å². The molecule has 0 radical (unpaired) electrons. The first-order valence-electron chi connectivity index (χ1n) is 4.74. The first-order valence-corrected chi connectivity index (χ1v) is 5.12. The summed E-state index contributed by atoms with van der Waals surface area (Å²) >= 11 is 6.02. The van der Waals surface area contributed by atoms with Crippen LogP contribution >= 0.6 is 11.6 Å². The second-order valence-corrected chi connectivity index (χ2v) is 4.28. The maximum absolute atomic E-state index is 10.9. The smallest absolute Gasteiger partial charge is 0.274 e. The number of benzene rings is 1. The van der Waals surface area contributed by atoms with Crippen LogP contribution in [0.15, 0.2) is 18.2 Å². The zero-order chi connectivity index (χ0) is 11.1. The van der Waals surface area contributed by atoms with E-state index in [0.717, 1.165) is 12.8 Å². The standard InChI is InChI=1S/C10H11ClN2O2/c11-7-2-1-3-8(13(14)15)9(7)10(6-12)4-5-10/h1-3H,4-6,12H2. The first-order chi connectivity index (χ1) is 7.10. The third-order valence-corrected chi connectivity index (χ3v) is 3.28. The van der Waals surface area contributed by atoms with Crippen LogP contribution < -0.4 is 5.73 Å². The van der Waals surface area contributed by atoms with Crippen molar-refractivity contribution in [3.63, 3.8) is 0 Å². The molecule has 0 saturated heterocycles. The molecule has 1 aliphatic rings. The van der Waals surface area contributed by atoms with Crippen molar-refractivity contribution >= 4 is 17.3 Å². The predicted molar refractivity (Wildman–Crippen MR) is 58.1 cm³/mol. The van der Waals surface area contributed by atoms with Gasteiger partial charge in [0, 0.05) is 18.0 Å². The van der Waals surface area contributed by atoms with E-state index in [4.69, 9.17) is 17.3 Å². The number of hydrogen-bond donors (Lipinski definition) is 1. The fourth-order valence-corrected chi connectivity index (χ4v) is 2.27. The lowest BCUT2D eigenvalue weighted by atomic mass is 9.94. The number of rotatable bonds is 3. The zero-order valence-electron chi connectivity index (χ0n) is 8.07. The molecule has 0 amide bonds. The fourth-order valence-electron chi connectivity index (χ4n) is 1.90. The van der Waals surface area contributed by atoms with Crippen molar-refractivity contribution < 1.29 is 4.92 Å². The summed E-state index contributed by atoms with van der Waals surface area (Å²) in [4.78, 5) is 10.5. The Hall–Kier alpha value is -1.13. The summed E-state index contributed by atoms with van der Waals surface area (Å²) in [6.07, 6.45) is 1.77. The van der Waals surface area contributed by atoms with Crippen LogP contribution in [-0.2, 0) is 5.41 Å². The third-order valence-electron chi connectivity index (χ3n) is 2.96. The molecule has 0 heterocycles. The van der Waals surface area contributed by atoms with E-state index in [-0.39, 0.29) is 11.1 Å². The maximum Gasteiger partial charge on any atom is 0.274 e. The average molecular weight is 227 g/mol. The van der Waals surface area contributed by atoms with Crippen LogP contribution in [0.3, 0.4) is 0 Å². The summed E-state index contributed by atoms with van der Waals surface area (Å²) in [5, 5.41) is 11.3. The van der Waals surface area contributed by atoms with Gasteiger partial charge in [-0.05, 0) is 18.9 Å². The van der Waals surface area contributed by atoms with Gasteiger partial charge < -0.3 is 5.73 Å². The highest BCUT2D eigenvalue weighted by molar-refractivity contribution is 6.31. The van der Waals surface area contributed by atoms with E-state index in [1.807, 2.05) is 0 Å². The molecule has 1 aliphatic carbocycles. The molecule has 0 atom stereocenters. The summed E-state index contributed by atoms with van der Waals surface area (Å²) in [6, 6.07) is 4.76. The monoisotopic (exact) mass is 226 g/mol. The molecule has 0 aliphatic heterocycles. The topological polar surface area (TPSA) is 69.2 Å². The van der Waals surface area contributed by atoms with Crippen molar-refractivity contribution in [3.05, 3.63) is 38.9 Å². The Labute approximate surface area is 92.2 Å². The van der Waals surface area contributed by atoms with E-state index in [1.165, 1.54) is 6.07 Å². The van der Waals surface area contributed by atoms with Crippen molar-refractivity contribution in [2.75, 3.05) is 6.54 Å². The van der Waals surface area contributed by atoms with Crippen molar-refractivity contribution in [2.45, 2.75) is 18.3 Å². The Kier molecular flexibility index (Phi) is 2.40. The number of nitrogens with two attached hydrogens (primary N) is 1. The van der Waals surface area contributed by atoms with Gasteiger partial charge in [-0.25, -0.2) is 0 Å². The molecule has 15 heavy (non-hydrogen) atoms. The number of halogens is 1. The van der Waals surface area contributed by atoms with Crippen molar-refractivity contribution in [1.29, 1.82) is 0 Å². The summed E-state index contributed by atoms with van der Waals surface area (Å²) < 4.78 is 0. The van der Waals surface area contributed by atoms with E-state index < -0.39 is 4.92 Å². The summed E-state index contributed by atoms with van der Waals surface area (Å²) in [6.45, 7) is 0.414. The lowest BCUT2D eigenvalue weighted by molar-refractivity contribution is -0.385. The Balaban J connectivity index is 2.58. The molecule has 0 spiro atoms. The highest BCUT2D eigenvalue weighted by atomic mass is 35.5. The highest BCUT2D eigenvalue weighted by Crippen LogP contribution is 2.52. The van der Waals surface area contributed by atoms with Gasteiger partial charge in [0.1, 0.15) is 0 Å². The van der Waals surface area contributed by atoms with E-state index in [0.29, 0.717) is 17.1 Å². The normalized spacial score (nSPS) is 17.5. The van der Waals surface area contributed by atoms with E-state index in [2.05, 4.69) is 0 Å². The van der Waals surface area contributed by atoms with Crippen LogP contribution in [0.5, 0.6) is 0 Å². The van der Waals surface area contributed by atoms with Crippen LogP contribution in [0.2, 0.25) is 5.02 Å². The molecule has 0 unspecified atom stereocenters. The third kappa shape index (κ3) is 1.60. The molecule has 0 bridgehead atoms. The van der Waals surface area contributed by atoms with Crippen LogP contribution in [0, 0.1) is 10.1 Å². The first kappa shape index (κ1) is 10.4. The van der Waals surface area contributed by atoms with Gasteiger partial charge in [0.05, 0.1) is 15.5 Å². The van der Waals surface area contributed by atoms with E-state index >= 15 is 0 Å². The molecular formula is C10H11ClN2O2. The Morgan fingerprint density at radius 2 is 2.20 bits per heavy atom. The quantitative estimate of drug-likeness (QED) is 0.635. The number of nitro benzene ring substituents is 1. The number of nitro groups is 1. The molecule has 2 N–H and O–H groups in total. The molecule has 2 rings (SSSR count). The molecule has 1 aromatic rings. The maximum atomic E-state index is 10.9. The van der Waals surface area contributed by atoms with Gasteiger partial charge in [-0.2, -0.15) is 0 Å². The van der Waals surface area contributed by atoms with Gasteiger partial charge in [-0.15, -0.1) is 0 Å². The molecule has 1 fully saturated rings. The Morgan fingerprint density at radius 3 is 2.67 bits per heavy atom. The highest BCUT2D eigenvalue weighted by Gasteiger charge is 2.48. The Bertz CT molecular complexity index is 416. The van der Waals surface area contributed by atoms with Crippen molar-refractivity contribution in [2.24, 2.45) is 5.73 Å². The largest absolute Gasteiger partial charge is 0.330 e. The lowest BCUT2D eigenvalue weighted by Gasteiger charge is -2.14. The fraction of sp³-hybridized carbons (Fsp3) is 0.400. The van der Waals surface area contributed by atoms with E-state index in [9.17, 15) is 10.1 Å². The van der Waals surface area contributed by atoms with Gasteiger partial charge in [-0.3, -0.25) is 10.1 Å². The number of hydrogen-bond acceptors (Lipinski definition) is 3. The summed E-state index contributed by atoms with van der Waals surface area (Å²) in [5.41, 5.74) is 6.11. The molecular weight excluding hydrogens is 216 g/mol. The lowest BCUT2D eigenvalue weighted by Crippen LogP contribution is -2.21. The zero-order valence-corrected chi connectivity index (χ0v) is 8.83. The SMILES string of the molecule is NCC1(c2c(Cl)cccc2[N+](=O)[O-])CC1. The minimum Gasteiger partial charge on any atom is -0.330 e. The molecule has 1 saturated carbocycles. The van der Waals surface area contributed by atoms with Crippen LogP contribution in [0.1, 0.15) is 18.4 Å². The van der Waals surface area contributed by atoms with Crippen molar-refractivity contribution in [1.82, 2.24) is 0 Å². The predicted octanol–water partition coefficient (Wildman–Crippen LogP) is 2.24. The van der Waals surface area contributed by atoms with Gasteiger partial charge >= 0.3 is 0 Å². The molecule has 0 aromatic heterocycles. The van der Waals surface area contributed by atoms with Crippen LogP contribution in [0.25, 0.3) is 0 Å². The minimum atomic E-state index is -0.392. The molecule has 4 nitrogen and oxygen atoms in total. The van der Waals surface area contributed by atoms with Gasteiger partial charge in [-0.1, -0.05) is 17.7 Å². The average Bonchev–Trinajstić information content (AvgIpc) is 2.98. The van der Waals surface area contributed by atoms with Gasteiger partial charge in [0.25, 0.3) is 5.69 Å². The Morgan fingerprint density at radius 1 is 1.53 bits per heavy atom. The molecule has 1 aromatic carbocycles. The molecule has 5 heteroatoms. The van der Waals surface area contributed by atoms with Gasteiger partial charge in [0.2, 0.25) is 0 Å². The van der Waals surface area contributed by atoms with Crippen LogP contribution in [-0.4, -0.2) is 11.5 Å². The minimum absolute atomic E-state index is 0.0884. The molecule has 80 valence electrons.